The van der Waals surface area contributed by atoms with Crippen LogP contribution in [0.15, 0.2) is 70.3 Å². The molecular formula is C20H18N4O4. The number of hydrogen-bond acceptors (Lipinski definition) is 7. The maximum absolute atomic E-state index is 13.0. The van der Waals surface area contributed by atoms with Gasteiger partial charge in [0.25, 0.3) is 5.91 Å². The highest BCUT2D eigenvalue weighted by atomic mass is 16.5. The predicted octanol–water partition coefficient (Wildman–Crippen LogP) is 3.14. The standard InChI is InChI=1S/C20H18N4O4/c1-27-13-8-6-12(7-9-13)24-17(21)14-10-11-28-20(14)23-18(24)19(26)22-15-4-2-3-5-16(15)25/h2-11,17,25H,21H2,1H3,(H,22,26). The average Bonchev–Trinajstić information content (AvgIpc) is 3.19. The van der Waals surface area contributed by atoms with Crippen molar-refractivity contribution in [2.24, 2.45) is 10.7 Å². The molecule has 2 heterocycles. The lowest BCUT2D eigenvalue weighted by atomic mass is 10.1. The normalized spacial score (nSPS) is 15.6. The summed E-state index contributed by atoms with van der Waals surface area (Å²) in [6.07, 6.45) is 0.800. The lowest BCUT2D eigenvalue weighted by Gasteiger charge is -2.33. The zero-order valence-electron chi connectivity index (χ0n) is 15.0. The van der Waals surface area contributed by atoms with Crippen LogP contribution in [0.5, 0.6) is 11.5 Å². The minimum absolute atomic E-state index is 0.0448. The quantitative estimate of drug-likeness (QED) is 0.601. The third-order valence-electron chi connectivity index (χ3n) is 4.41. The van der Waals surface area contributed by atoms with Gasteiger partial charge in [-0.3, -0.25) is 4.79 Å². The van der Waals surface area contributed by atoms with Gasteiger partial charge < -0.3 is 30.2 Å². The number of nitrogens with two attached hydrogens (primary N) is 1. The third kappa shape index (κ3) is 3.06. The third-order valence-corrected chi connectivity index (χ3v) is 4.41. The number of nitrogens with zero attached hydrogens (tertiary/aromatic N) is 2. The Hall–Kier alpha value is -3.78. The first kappa shape index (κ1) is 17.6. The highest BCUT2D eigenvalue weighted by Gasteiger charge is 2.34. The van der Waals surface area contributed by atoms with E-state index in [1.165, 1.54) is 12.3 Å². The molecule has 1 atom stereocenters. The zero-order valence-corrected chi connectivity index (χ0v) is 15.0. The second kappa shape index (κ2) is 7.09. The van der Waals surface area contributed by atoms with E-state index in [1.807, 2.05) is 0 Å². The van der Waals surface area contributed by atoms with Crippen LogP contribution in [-0.2, 0) is 4.79 Å². The molecule has 0 spiro atoms. The van der Waals surface area contributed by atoms with Crippen LogP contribution < -0.4 is 20.7 Å². The second-order valence-corrected chi connectivity index (χ2v) is 6.10. The largest absolute Gasteiger partial charge is 0.506 e. The van der Waals surface area contributed by atoms with Crippen molar-refractivity contribution in [2.75, 3.05) is 17.3 Å². The molecule has 3 aromatic rings. The van der Waals surface area contributed by atoms with Crippen LogP contribution in [0.25, 0.3) is 0 Å². The molecule has 4 rings (SSSR count). The van der Waals surface area contributed by atoms with Crippen LogP contribution in [-0.4, -0.2) is 24.0 Å². The molecule has 0 aliphatic carbocycles. The molecule has 1 aromatic heterocycles. The molecule has 8 heteroatoms. The Kier molecular flexibility index (Phi) is 4.46. The van der Waals surface area contributed by atoms with E-state index in [4.69, 9.17) is 14.9 Å². The molecule has 0 saturated heterocycles. The summed E-state index contributed by atoms with van der Waals surface area (Å²) >= 11 is 0. The van der Waals surface area contributed by atoms with Gasteiger partial charge >= 0.3 is 0 Å². The van der Waals surface area contributed by atoms with Gasteiger partial charge in [-0.25, -0.2) is 0 Å². The number of ether oxygens (including phenoxy) is 1. The number of amidine groups is 1. The molecule has 1 unspecified atom stereocenters. The van der Waals surface area contributed by atoms with E-state index in [2.05, 4.69) is 10.3 Å². The number of methoxy groups -OCH3 is 1. The van der Waals surface area contributed by atoms with Crippen molar-refractivity contribution in [3.63, 3.8) is 0 Å². The van der Waals surface area contributed by atoms with Crippen molar-refractivity contribution in [1.29, 1.82) is 0 Å². The van der Waals surface area contributed by atoms with Gasteiger partial charge in [0.05, 0.1) is 24.6 Å². The number of phenolic OH excluding ortho intramolecular Hbond substituents is 1. The van der Waals surface area contributed by atoms with Crippen molar-refractivity contribution < 1.29 is 19.1 Å². The van der Waals surface area contributed by atoms with E-state index in [0.717, 1.165) is 0 Å². The number of para-hydroxylation sites is 2. The highest BCUT2D eigenvalue weighted by molar-refractivity contribution is 6.47. The van der Waals surface area contributed by atoms with E-state index >= 15 is 0 Å². The number of nitrogens with one attached hydrogen (secondary N) is 1. The number of amides is 1. The number of carbonyl (C=O) groups is 1. The molecule has 142 valence electrons. The Bertz CT molecular complexity index is 1040. The van der Waals surface area contributed by atoms with Gasteiger partial charge in [-0.15, -0.1) is 0 Å². The van der Waals surface area contributed by atoms with E-state index in [0.29, 0.717) is 17.0 Å². The van der Waals surface area contributed by atoms with Crippen LogP contribution in [0.1, 0.15) is 11.7 Å². The van der Waals surface area contributed by atoms with Crippen molar-refractivity contribution in [1.82, 2.24) is 0 Å². The first-order chi connectivity index (χ1) is 13.6. The number of aromatic hydroxyl groups is 1. The summed E-state index contributed by atoms with van der Waals surface area (Å²) in [6.45, 7) is 0. The van der Waals surface area contributed by atoms with Crippen molar-refractivity contribution in [2.45, 2.75) is 6.17 Å². The van der Waals surface area contributed by atoms with Crippen LogP contribution in [0.3, 0.4) is 0 Å². The molecule has 8 nitrogen and oxygen atoms in total. The molecule has 1 aliphatic heterocycles. The smallest absolute Gasteiger partial charge is 0.291 e. The number of rotatable bonds is 4. The fourth-order valence-corrected chi connectivity index (χ4v) is 2.99. The van der Waals surface area contributed by atoms with Crippen molar-refractivity contribution >= 4 is 29.0 Å². The number of aliphatic imine (C=N–C) groups is 1. The Morgan fingerprint density at radius 2 is 1.96 bits per heavy atom. The maximum atomic E-state index is 13.0. The second-order valence-electron chi connectivity index (χ2n) is 6.10. The SMILES string of the molecule is COc1ccc(N2C(C(=O)Nc3ccccc3O)=Nc3occc3C2N)cc1. The molecule has 0 saturated carbocycles. The van der Waals surface area contributed by atoms with Gasteiger partial charge in [-0.2, -0.15) is 4.99 Å². The number of fused-ring (bicyclic) bond motifs is 1. The topological polar surface area (TPSA) is 113 Å². The molecule has 4 N–H and O–H groups in total. The summed E-state index contributed by atoms with van der Waals surface area (Å²) in [5.74, 6) is 0.416. The molecule has 0 radical (unpaired) electrons. The van der Waals surface area contributed by atoms with Gasteiger partial charge in [-0.05, 0) is 42.5 Å². The summed E-state index contributed by atoms with van der Waals surface area (Å²) in [7, 11) is 1.58. The summed E-state index contributed by atoms with van der Waals surface area (Å²) in [5.41, 5.74) is 8.00. The Morgan fingerprint density at radius 1 is 1.21 bits per heavy atom. The lowest BCUT2D eigenvalue weighted by Crippen LogP contribution is -2.47. The van der Waals surface area contributed by atoms with E-state index in [1.54, 1.807) is 60.5 Å². The van der Waals surface area contributed by atoms with Crippen LogP contribution >= 0.6 is 0 Å². The zero-order chi connectivity index (χ0) is 19.7. The molecule has 1 aliphatic rings. The van der Waals surface area contributed by atoms with Gasteiger partial charge in [0.2, 0.25) is 11.7 Å². The minimum Gasteiger partial charge on any atom is -0.506 e. The first-order valence-corrected chi connectivity index (χ1v) is 8.53. The molecule has 28 heavy (non-hydrogen) atoms. The molecule has 0 fully saturated rings. The summed E-state index contributed by atoms with van der Waals surface area (Å²) in [6, 6.07) is 15.3. The average molecular weight is 378 g/mol. The van der Waals surface area contributed by atoms with E-state index in [9.17, 15) is 9.90 Å². The summed E-state index contributed by atoms with van der Waals surface area (Å²) < 4.78 is 10.5. The van der Waals surface area contributed by atoms with E-state index in [-0.39, 0.29) is 23.2 Å². The number of benzene rings is 2. The fourth-order valence-electron chi connectivity index (χ4n) is 2.99. The van der Waals surface area contributed by atoms with Crippen LogP contribution in [0.2, 0.25) is 0 Å². The fraction of sp³-hybridized carbons (Fsp3) is 0.100. The summed E-state index contributed by atoms with van der Waals surface area (Å²) in [4.78, 5) is 18.9. The maximum Gasteiger partial charge on any atom is 0.291 e. The number of hydrogen-bond donors (Lipinski definition) is 3. The first-order valence-electron chi connectivity index (χ1n) is 8.53. The Balaban J connectivity index is 1.74. The molecule has 2 aromatic carbocycles. The minimum atomic E-state index is -0.676. The van der Waals surface area contributed by atoms with Crippen molar-refractivity contribution in [3.05, 3.63) is 66.4 Å². The summed E-state index contributed by atoms with van der Waals surface area (Å²) in [5, 5.41) is 12.6. The monoisotopic (exact) mass is 378 g/mol. The molecule has 1 amide bonds. The molecule has 0 bridgehead atoms. The number of anilines is 2. The number of phenols is 1. The number of carbonyl (C=O) groups excluding carboxylic acids is 1. The van der Waals surface area contributed by atoms with Gasteiger partial charge in [0.15, 0.2) is 0 Å². The van der Waals surface area contributed by atoms with Gasteiger partial charge in [0, 0.05) is 5.69 Å². The highest BCUT2D eigenvalue weighted by Crippen LogP contribution is 2.36. The van der Waals surface area contributed by atoms with Crippen molar-refractivity contribution in [3.8, 4) is 11.5 Å². The molecular weight excluding hydrogens is 360 g/mol. The van der Waals surface area contributed by atoms with Gasteiger partial charge in [-0.1, -0.05) is 12.1 Å². The number of furan rings is 1. The van der Waals surface area contributed by atoms with Gasteiger partial charge in [0.1, 0.15) is 17.7 Å². The Morgan fingerprint density at radius 3 is 2.68 bits per heavy atom. The van der Waals surface area contributed by atoms with Crippen LogP contribution in [0.4, 0.5) is 17.3 Å². The van der Waals surface area contributed by atoms with E-state index < -0.39 is 12.1 Å². The van der Waals surface area contributed by atoms with Crippen LogP contribution in [0, 0.1) is 0 Å². The lowest BCUT2D eigenvalue weighted by molar-refractivity contribution is -0.110. The Labute approximate surface area is 160 Å². The predicted molar refractivity (Wildman–Crippen MR) is 105 cm³/mol.